The summed E-state index contributed by atoms with van der Waals surface area (Å²) in [5, 5.41) is 11.4. The molecule has 0 amide bonds. The molecule has 0 aliphatic rings. The number of nitrogens with two attached hydrogens (primary N) is 1. The quantitative estimate of drug-likeness (QED) is 0.261. The predicted octanol–water partition coefficient (Wildman–Crippen LogP) is 1.68. The van der Waals surface area contributed by atoms with Gasteiger partial charge >= 0.3 is 0 Å². The largest absolute Gasteiger partial charge is 0.409 e. The Morgan fingerprint density at radius 2 is 2.50 bits per heavy atom. The van der Waals surface area contributed by atoms with Gasteiger partial charge in [-0.05, 0) is 24.3 Å². The summed E-state index contributed by atoms with van der Waals surface area (Å²) >= 11 is 1.73. The Labute approximate surface area is 87.2 Å². The molecule has 1 heterocycles. The molecule has 0 fully saturated rings. The number of rotatable bonds is 4. The van der Waals surface area contributed by atoms with E-state index in [9.17, 15) is 0 Å². The van der Waals surface area contributed by atoms with Crippen molar-refractivity contribution in [3.8, 4) is 0 Å². The molecule has 4 nitrogen and oxygen atoms in total. The third-order valence-corrected chi connectivity index (χ3v) is 2.77. The van der Waals surface area contributed by atoms with Gasteiger partial charge in [0.15, 0.2) is 5.84 Å². The second kappa shape index (κ2) is 5.49. The summed E-state index contributed by atoms with van der Waals surface area (Å²) in [5.74, 6) is 1.10. The highest BCUT2D eigenvalue weighted by Gasteiger charge is 2.01. The third-order valence-electron chi connectivity index (χ3n) is 1.57. The van der Waals surface area contributed by atoms with Crippen LogP contribution in [0.5, 0.6) is 0 Å². The first kappa shape index (κ1) is 10.8. The molecule has 0 aliphatic carbocycles. The van der Waals surface area contributed by atoms with Crippen LogP contribution in [0.1, 0.15) is 19.0 Å². The summed E-state index contributed by atoms with van der Waals surface area (Å²) in [6.07, 6.45) is 2.78. The van der Waals surface area contributed by atoms with E-state index >= 15 is 0 Å². The number of amidine groups is 1. The summed E-state index contributed by atoms with van der Waals surface area (Å²) in [6, 6.07) is 3.73. The van der Waals surface area contributed by atoms with E-state index in [0.717, 1.165) is 17.1 Å². The van der Waals surface area contributed by atoms with E-state index in [2.05, 4.69) is 17.1 Å². The van der Waals surface area contributed by atoms with Crippen LogP contribution in [0, 0.1) is 0 Å². The number of hydrogen-bond donors (Lipinski definition) is 2. The number of hydrogen-bond acceptors (Lipinski definition) is 4. The minimum atomic E-state index is 0.0453. The van der Waals surface area contributed by atoms with Crippen molar-refractivity contribution in [3.05, 3.63) is 24.0 Å². The number of pyridine rings is 1. The van der Waals surface area contributed by atoms with Crippen molar-refractivity contribution in [1.29, 1.82) is 0 Å². The van der Waals surface area contributed by atoms with Gasteiger partial charge in [0.2, 0.25) is 0 Å². The predicted molar refractivity (Wildman–Crippen MR) is 57.8 cm³/mol. The highest BCUT2D eigenvalue weighted by atomic mass is 32.2. The Bertz CT molecular complexity index is 328. The van der Waals surface area contributed by atoms with E-state index in [1.807, 2.05) is 12.1 Å². The number of thioether (sulfide) groups is 1. The molecule has 76 valence electrons. The van der Waals surface area contributed by atoms with E-state index in [1.165, 1.54) is 0 Å². The fraction of sp³-hybridized carbons (Fsp3) is 0.333. The Morgan fingerprint density at radius 1 is 1.71 bits per heavy atom. The highest BCUT2D eigenvalue weighted by molar-refractivity contribution is 7.99. The molecule has 0 saturated carbocycles. The second-order valence-electron chi connectivity index (χ2n) is 2.71. The molecule has 5 heteroatoms. The SMILES string of the molecule is CCCSc1ccnc(C(N)=NO)c1. The lowest BCUT2D eigenvalue weighted by Crippen LogP contribution is -2.14. The third kappa shape index (κ3) is 2.92. The highest BCUT2D eigenvalue weighted by Crippen LogP contribution is 2.18. The topological polar surface area (TPSA) is 71.5 Å². The van der Waals surface area contributed by atoms with Crippen molar-refractivity contribution in [3.63, 3.8) is 0 Å². The molecule has 1 rings (SSSR count). The van der Waals surface area contributed by atoms with E-state index in [-0.39, 0.29) is 5.84 Å². The van der Waals surface area contributed by atoms with Crippen LogP contribution in [-0.2, 0) is 0 Å². The minimum Gasteiger partial charge on any atom is -0.409 e. The van der Waals surface area contributed by atoms with Gasteiger partial charge in [0.25, 0.3) is 0 Å². The molecular weight excluding hydrogens is 198 g/mol. The van der Waals surface area contributed by atoms with Crippen molar-refractivity contribution in [2.75, 3.05) is 5.75 Å². The molecule has 0 spiro atoms. The van der Waals surface area contributed by atoms with Gasteiger partial charge in [-0.2, -0.15) is 0 Å². The summed E-state index contributed by atoms with van der Waals surface area (Å²) in [5.41, 5.74) is 5.93. The van der Waals surface area contributed by atoms with Crippen molar-refractivity contribution < 1.29 is 5.21 Å². The molecule has 0 atom stereocenters. The summed E-state index contributed by atoms with van der Waals surface area (Å²) in [7, 11) is 0. The zero-order valence-electron chi connectivity index (χ0n) is 7.97. The summed E-state index contributed by atoms with van der Waals surface area (Å²) in [6.45, 7) is 2.12. The van der Waals surface area contributed by atoms with Crippen LogP contribution < -0.4 is 5.73 Å². The standard InChI is InChI=1S/C9H13N3OS/c1-2-5-14-7-3-4-11-8(6-7)9(10)12-13/h3-4,6,13H,2,5H2,1H3,(H2,10,12). The summed E-state index contributed by atoms with van der Waals surface area (Å²) in [4.78, 5) is 5.08. The van der Waals surface area contributed by atoms with Gasteiger partial charge in [0.1, 0.15) is 5.69 Å². The molecule has 0 saturated heterocycles. The first-order valence-corrected chi connectivity index (χ1v) is 5.33. The zero-order valence-corrected chi connectivity index (χ0v) is 8.79. The van der Waals surface area contributed by atoms with Crippen LogP contribution in [0.15, 0.2) is 28.4 Å². The molecule has 0 aliphatic heterocycles. The van der Waals surface area contributed by atoms with Gasteiger partial charge in [-0.3, -0.25) is 4.98 Å². The van der Waals surface area contributed by atoms with E-state index in [0.29, 0.717) is 5.69 Å². The maximum absolute atomic E-state index is 8.47. The van der Waals surface area contributed by atoms with E-state index < -0.39 is 0 Å². The fourth-order valence-corrected chi connectivity index (χ4v) is 1.70. The van der Waals surface area contributed by atoms with Crippen molar-refractivity contribution >= 4 is 17.6 Å². The minimum absolute atomic E-state index is 0.0453. The van der Waals surface area contributed by atoms with Crippen LogP contribution in [0.2, 0.25) is 0 Å². The first-order chi connectivity index (χ1) is 6.77. The fourth-order valence-electron chi connectivity index (χ4n) is 0.912. The van der Waals surface area contributed by atoms with Gasteiger partial charge in [0.05, 0.1) is 0 Å². The Kier molecular flexibility index (Phi) is 4.25. The molecule has 0 bridgehead atoms. The van der Waals surface area contributed by atoms with E-state index in [4.69, 9.17) is 10.9 Å². The number of oxime groups is 1. The molecule has 1 aromatic heterocycles. The average molecular weight is 211 g/mol. The lowest BCUT2D eigenvalue weighted by Gasteiger charge is -2.01. The Hall–Kier alpha value is -1.23. The van der Waals surface area contributed by atoms with Crippen LogP contribution in [0.25, 0.3) is 0 Å². The molecule has 0 aromatic carbocycles. The van der Waals surface area contributed by atoms with Crippen molar-refractivity contribution in [2.24, 2.45) is 10.9 Å². The molecule has 1 aromatic rings. The van der Waals surface area contributed by atoms with Crippen molar-refractivity contribution in [1.82, 2.24) is 4.98 Å². The van der Waals surface area contributed by atoms with Gasteiger partial charge in [-0.1, -0.05) is 12.1 Å². The number of aromatic nitrogens is 1. The van der Waals surface area contributed by atoms with Crippen molar-refractivity contribution in [2.45, 2.75) is 18.2 Å². The van der Waals surface area contributed by atoms with Gasteiger partial charge in [0, 0.05) is 11.1 Å². The molecule has 0 unspecified atom stereocenters. The molecule has 14 heavy (non-hydrogen) atoms. The lowest BCUT2D eigenvalue weighted by molar-refractivity contribution is 0.318. The normalized spacial score (nSPS) is 11.6. The smallest absolute Gasteiger partial charge is 0.188 e. The maximum Gasteiger partial charge on any atom is 0.188 e. The lowest BCUT2D eigenvalue weighted by atomic mass is 10.3. The van der Waals surface area contributed by atoms with Crippen LogP contribution in [0.3, 0.4) is 0 Å². The average Bonchev–Trinajstić information content (AvgIpc) is 2.25. The maximum atomic E-state index is 8.47. The van der Waals surface area contributed by atoms with Crippen LogP contribution in [-0.4, -0.2) is 21.8 Å². The molecular formula is C9H13N3OS. The zero-order chi connectivity index (χ0) is 10.4. The second-order valence-corrected chi connectivity index (χ2v) is 3.88. The monoisotopic (exact) mass is 211 g/mol. The van der Waals surface area contributed by atoms with Gasteiger partial charge < -0.3 is 10.9 Å². The van der Waals surface area contributed by atoms with Gasteiger partial charge in [-0.25, -0.2) is 0 Å². The Morgan fingerprint density at radius 3 is 3.14 bits per heavy atom. The molecule has 3 N–H and O–H groups in total. The van der Waals surface area contributed by atoms with E-state index in [1.54, 1.807) is 18.0 Å². The number of nitrogens with zero attached hydrogens (tertiary/aromatic N) is 2. The van der Waals surface area contributed by atoms with Crippen LogP contribution >= 0.6 is 11.8 Å². The first-order valence-electron chi connectivity index (χ1n) is 4.34. The van der Waals surface area contributed by atoms with Crippen LogP contribution in [0.4, 0.5) is 0 Å². The molecule has 0 radical (unpaired) electrons. The van der Waals surface area contributed by atoms with Gasteiger partial charge in [-0.15, -0.1) is 11.8 Å². The Balaban J connectivity index is 2.79. The summed E-state index contributed by atoms with van der Waals surface area (Å²) < 4.78 is 0.